The quantitative estimate of drug-likeness (QED) is 0.0520. The number of hydrogen-bond acceptors (Lipinski definition) is 18. The fourth-order valence-electron chi connectivity index (χ4n) is 10.3. The number of aromatic nitrogens is 13. The van der Waals surface area contributed by atoms with Crippen LogP contribution in [0.15, 0.2) is 133 Å². The van der Waals surface area contributed by atoms with Gasteiger partial charge in [-0.15, -0.1) is 0 Å². The van der Waals surface area contributed by atoms with Gasteiger partial charge in [-0.3, -0.25) is 24.2 Å². The van der Waals surface area contributed by atoms with Crippen LogP contribution in [0, 0.1) is 19.8 Å². The fourth-order valence-corrected chi connectivity index (χ4v) is 10.3. The van der Waals surface area contributed by atoms with Crippen molar-refractivity contribution in [1.82, 2.24) is 74.4 Å². The third kappa shape index (κ3) is 13.0. The summed E-state index contributed by atoms with van der Waals surface area (Å²) in [5, 5.41) is 16.0. The molecular formula is C66H66FN19O5. The van der Waals surface area contributed by atoms with Crippen LogP contribution in [0.2, 0.25) is 0 Å². The number of rotatable bonds is 15. The minimum absolute atomic E-state index is 0.0406. The lowest BCUT2D eigenvalue weighted by molar-refractivity contribution is 0.0820. The molecule has 10 heterocycles. The number of anilines is 6. The molecule has 0 saturated heterocycles. The van der Waals surface area contributed by atoms with Gasteiger partial charge in [0.2, 0.25) is 41.4 Å². The van der Waals surface area contributed by atoms with Gasteiger partial charge in [0.1, 0.15) is 22.8 Å². The lowest BCUT2D eigenvalue weighted by atomic mass is 9.99. The summed E-state index contributed by atoms with van der Waals surface area (Å²) in [5.41, 5.74) is 15.4. The summed E-state index contributed by atoms with van der Waals surface area (Å²) in [7, 11) is 12.0. The highest BCUT2D eigenvalue weighted by Gasteiger charge is 2.23. The Morgan fingerprint density at radius 2 is 1.07 bits per heavy atom. The van der Waals surface area contributed by atoms with Gasteiger partial charge >= 0.3 is 0 Å². The summed E-state index contributed by atoms with van der Waals surface area (Å²) in [6.07, 6.45) is 12.1. The van der Waals surface area contributed by atoms with Gasteiger partial charge in [-0.1, -0.05) is 12.1 Å². The maximum atomic E-state index is 13.7. The van der Waals surface area contributed by atoms with Crippen molar-refractivity contribution >= 4 is 85.7 Å². The molecule has 0 spiro atoms. The van der Waals surface area contributed by atoms with E-state index in [1.54, 1.807) is 95.0 Å². The molecule has 0 unspecified atom stereocenters. The number of carbonyl (C=O) groups excluding carboxylic acids is 2. The second kappa shape index (κ2) is 26.0. The number of nitrogens with zero attached hydrogens (tertiary/aromatic N) is 13. The zero-order valence-corrected chi connectivity index (χ0v) is 52.1. The molecule has 462 valence electrons. The van der Waals surface area contributed by atoms with Crippen molar-refractivity contribution in [2.75, 3.05) is 58.4 Å². The Morgan fingerprint density at radius 1 is 0.571 bits per heavy atom. The van der Waals surface area contributed by atoms with Gasteiger partial charge in [-0.2, -0.15) is 39.4 Å². The molecule has 6 N–H and O–H groups in total. The molecule has 2 amide bonds. The minimum Gasteiger partial charge on any atom is -0.480 e. The maximum Gasteiger partial charge on any atom is 0.253 e. The lowest BCUT2D eigenvalue weighted by Gasteiger charge is -2.15. The Bertz CT molecular complexity index is 4720. The number of aromatic amines is 3. The Morgan fingerprint density at radius 3 is 1.55 bits per heavy atom. The number of fused-ring (bicyclic) bond motifs is 4. The normalized spacial score (nSPS) is 11.6. The molecule has 13 rings (SSSR count). The maximum absolute atomic E-state index is 13.7. The number of aryl methyl sites for hydroxylation is 3. The van der Waals surface area contributed by atoms with Crippen LogP contribution in [0.3, 0.4) is 0 Å². The van der Waals surface area contributed by atoms with Crippen molar-refractivity contribution in [2.45, 2.75) is 47.3 Å². The molecule has 3 aromatic carbocycles. The van der Waals surface area contributed by atoms with E-state index in [1.165, 1.54) is 28.3 Å². The first-order chi connectivity index (χ1) is 43.8. The predicted octanol–water partition coefficient (Wildman–Crippen LogP) is 11.9. The number of halogens is 1. The monoisotopic (exact) mass is 1220 g/mol. The van der Waals surface area contributed by atoms with Gasteiger partial charge in [-0.05, 0) is 129 Å². The number of aliphatic imine (C=N–C) groups is 1. The molecule has 0 bridgehead atoms. The van der Waals surface area contributed by atoms with Crippen molar-refractivity contribution in [3.05, 3.63) is 168 Å². The zero-order valence-electron chi connectivity index (χ0n) is 52.1. The number of benzene rings is 3. The molecule has 9 aromatic heterocycles. The molecule has 24 nitrogen and oxygen atoms in total. The number of carbonyl (C=O) groups is 2. The fraction of sp³-hybridized carbons (Fsp3) is 0.212. The third-order valence-corrected chi connectivity index (χ3v) is 14.9. The third-order valence-electron chi connectivity index (χ3n) is 14.9. The lowest BCUT2D eigenvalue weighted by Crippen LogP contribution is -2.21. The van der Waals surface area contributed by atoms with Gasteiger partial charge in [0.15, 0.2) is 0 Å². The van der Waals surface area contributed by atoms with Gasteiger partial charge in [0, 0.05) is 135 Å². The van der Waals surface area contributed by atoms with E-state index in [1.807, 2.05) is 96.5 Å². The Hall–Kier alpha value is -11.6. The standard InChI is InChI=1S/C26H26N6O2.C24H25FN6O2.C16H15N7O/c1-14-10-17(25(33)32(3)4)7-9-21(14)29-26-30-23-22(24(31-26)34-5)20(13-28-23)16-6-8-19-15(2)27-12-18(19)11-16;1-13(2)33-22-20-17(15-8-9-26-19(25)11-15)12-27-21(20)29-24(30-22)28-18-7-6-16(10-14(18)3)23(32)31(4)5;1-23-12(5-8-19-23)20-16-21-14-13(15(22-16)24-2)11(9-18-14)10-3-6-17-7-4-10/h6-11,13H,12H2,1-5H3,(H2,28,29,30,31);6-13H,1-5H3,(H2,27,28,29,30);3-9H,1-2H3,(H2,18,20,21,22). The van der Waals surface area contributed by atoms with Crippen molar-refractivity contribution < 1.29 is 28.2 Å². The summed E-state index contributed by atoms with van der Waals surface area (Å²) < 4.78 is 32.6. The molecule has 25 heteroatoms. The smallest absolute Gasteiger partial charge is 0.253 e. The molecule has 91 heavy (non-hydrogen) atoms. The largest absolute Gasteiger partial charge is 0.480 e. The highest BCUT2D eigenvalue weighted by atomic mass is 19.1. The van der Waals surface area contributed by atoms with E-state index >= 15 is 0 Å². The van der Waals surface area contributed by atoms with Crippen LogP contribution in [-0.4, -0.2) is 140 Å². The van der Waals surface area contributed by atoms with Crippen LogP contribution in [0.1, 0.15) is 63.7 Å². The average Bonchev–Trinajstić information content (AvgIpc) is 1.70. The number of amides is 2. The van der Waals surface area contributed by atoms with Gasteiger partial charge < -0.3 is 54.9 Å². The molecule has 0 radical (unpaired) electrons. The number of H-pyrrole nitrogens is 3. The molecular weight excluding hydrogens is 1160 g/mol. The molecule has 0 aliphatic carbocycles. The average molecular weight is 1220 g/mol. The minimum atomic E-state index is -0.570. The van der Waals surface area contributed by atoms with Crippen molar-refractivity contribution in [3.8, 4) is 51.0 Å². The molecule has 0 saturated carbocycles. The SMILES string of the molecule is COc1nc(Nc2ccc(C(=O)N(C)C)cc2C)nc2[nH]cc(-c3ccc4c(c3)CN=C4C)c12.COc1nc(Nc2ccnn2C)nc2[nH]cc(-c3ccncc3)c12.Cc1cc(C(=O)N(C)C)ccc1Nc1nc(OC(C)C)c2c(-c3ccnc(F)c3)c[nH]c2n1. The van der Waals surface area contributed by atoms with Crippen LogP contribution in [0.4, 0.5) is 39.4 Å². The zero-order chi connectivity index (χ0) is 64.2. The molecule has 0 fully saturated rings. The van der Waals surface area contributed by atoms with Gasteiger partial charge in [0.05, 0.1) is 49.2 Å². The van der Waals surface area contributed by atoms with Crippen molar-refractivity contribution in [3.63, 3.8) is 0 Å². The van der Waals surface area contributed by atoms with Crippen LogP contribution in [0.5, 0.6) is 17.6 Å². The van der Waals surface area contributed by atoms with E-state index in [0.29, 0.717) is 81.0 Å². The van der Waals surface area contributed by atoms with Crippen LogP contribution in [-0.2, 0) is 13.6 Å². The predicted molar refractivity (Wildman–Crippen MR) is 350 cm³/mol. The molecule has 12 aromatic rings. The van der Waals surface area contributed by atoms with Crippen LogP contribution >= 0.6 is 0 Å². The van der Waals surface area contributed by atoms with E-state index in [-0.39, 0.29) is 17.9 Å². The van der Waals surface area contributed by atoms with Crippen LogP contribution in [0.25, 0.3) is 66.5 Å². The number of methoxy groups -OCH3 is 2. The van der Waals surface area contributed by atoms with Gasteiger partial charge in [0.25, 0.3) is 11.8 Å². The summed E-state index contributed by atoms with van der Waals surface area (Å²) in [6, 6.07) is 26.1. The van der Waals surface area contributed by atoms with E-state index in [2.05, 4.69) is 99.1 Å². The second-order valence-corrected chi connectivity index (χ2v) is 22.0. The summed E-state index contributed by atoms with van der Waals surface area (Å²) in [6.45, 7) is 10.4. The van der Waals surface area contributed by atoms with E-state index in [9.17, 15) is 14.0 Å². The van der Waals surface area contributed by atoms with E-state index in [4.69, 9.17) is 14.2 Å². The summed E-state index contributed by atoms with van der Waals surface area (Å²) in [4.78, 5) is 76.9. The van der Waals surface area contributed by atoms with Crippen molar-refractivity contribution in [1.29, 1.82) is 0 Å². The number of pyridine rings is 2. The number of hydrogen-bond donors (Lipinski definition) is 6. The topological polar surface area (TPSA) is 285 Å². The van der Waals surface area contributed by atoms with Gasteiger partial charge in [-0.25, -0.2) is 4.98 Å². The summed E-state index contributed by atoms with van der Waals surface area (Å²) in [5.74, 6) is 2.65. The second-order valence-electron chi connectivity index (χ2n) is 22.0. The molecule has 1 aliphatic heterocycles. The highest BCUT2D eigenvalue weighted by Crippen LogP contribution is 2.39. The van der Waals surface area contributed by atoms with Crippen molar-refractivity contribution in [2.24, 2.45) is 12.0 Å². The Kier molecular flexibility index (Phi) is 17.4. The molecule has 0 atom stereocenters. The Labute approximate surface area is 522 Å². The van der Waals surface area contributed by atoms with E-state index < -0.39 is 5.95 Å². The first kappa shape index (κ1) is 61.0. The first-order valence-corrected chi connectivity index (χ1v) is 28.9. The van der Waals surface area contributed by atoms with Crippen LogP contribution < -0.4 is 30.2 Å². The van der Waals surface area contributed by atoms with E-state index in [0.717, 1.165) is 72.6 Å². The highest BCUT2D eigenvalue weighted by molar-refractivity contribution is 6.04. The number of nitrogens with one attached hydrogen (secondary N) is 6. The summed E-state index contributed by atoms with van der Waals surface area (Å²) >= 11 is 0. The number of ether oxygens (including phenoxy) is 3. The first-order valence-electron chi connectivity index (χ1n) is 28.9. The Balaban J connectivity index is 0.000000142. The molecule has 1 aliphatic rings.